The first-order valence-electron chi connectivity index (χ1n) is 12.0. The summed E-state index contributed by atoms with van der Waals surface area (Å²) in [5.74, 6) is -0.513. The van der Waals surface area contributed by atoms with Crippen molar-refractivity contribution >= 4 is 22.7 Å². The predicted molar refractivity (Wildman–Crippen MR) is 133 cm³/mol. The van der Waals surface area contributed by atoms with E-state index in [2.05, 4.69) is 32.7 Å². The number of ether oxygens (including phenoxy) is 1. The van der Waals surface area contributed by atoms with Gasteiger partial charge in [-0.1, -0.05) is 56.3 Å². The van der Waals surface area contributed by atoms with Crippen LogP contribution in [0.3, 0.4) is 0 Å². The maximum absolute atomic E-state index is 13.2. The Kier molecular flexibility index (Phi) is 7.98. The van der Waals surface area contributed by atoms with E-state index in [-0.39, 0.29) is 17.7 Å². The van der Waals surface area contributed by atoms with Crippen LogP contribution in [0.1, 0.15) is 30.5 Å². The molecule has 2 amide bonds. The second-order valence-electron chi connectivity index (χ2n) is 9.21. The van der Waals surface area contributed by atoms with Gasteiger partial charge < -0.3 is 20.4 Å². The molecule has 3 aromatic rings. The second kappa shape index (κ2) is 11.3. The Morgan fingerprint density at radius 2 is 1.79 bits per heavy atom. The van der Waals surface area contributed by atoms with E-state index < -0.39 is 6.04 Å². The Hall–Kier alpha value is -3.16. The van der Waals surface area contributed by atoms with Crippen molar-refractivity contribution in [1.82, 2.24) is 20.5 Å². The van der Waals surface area contributed by atoms with Crippen LogP contribution in [-0.4, -0.2) is 54.0 Å². The third kappa shape index (κ3) is 6.24. The van der Waals surface area contributed by atoms with Crippen LogP contribution in [0.15, 0.2) is 54.7 Å². The van der Waals surface area contributed by atoms with Crippen molar-refractivity contribution in [1.29, 1.82) is 0 Å². The van der Waals surface area contributed by atoms with Gasteiger partial charge in [0, 0.05) is 55.6 Å². The summed E-state index contributed by atoms with van der Waals surface area (Å²) in [4.78, 5) is 31.3. The summed E-state index contributed by atoms with van der Waals surface area (Å²) in [5.41, 5.74) is 4.29. The highest BCUT2D eigenvalue weighted by atomic mass is 16.5. The average molecular weight is 463 g/mol. The molecule has 0 bridgehead atoms. The lowest BCUT2D eigenvalue weighted by Crippen LogP contribution is -2.48. The zero-order chi connectivity index (χ0) is 23.9. The summed E-state index contributed by atoms with van der Waals surface area (Å²) in [6.07, 6.45) is 2.34. The molecule has 1 fully saturated rings. The molecule has 1 saturated heterocycles. The van der Waals surface area contributed by atoms with E-state index in [9.17, 15) is 9.59 Å². The number of amides is 2. The first kappa shape index (κ1) is 24.0. The van der Waals surface area contributed by atoms with Crippen molar-refractivity contribution < 1.29 is 14.3 Å². The maximum atomic E-state index is 13.2. The largest absolute Gasteiger partial charge is 0.379 e. The molecule has 3 N–H and O–H groups in total. The molecule has 34 heavy (non-hydrogen) atoms. The van der Waals surface area contributed by atoms with E-state index in [0.717, 1.165) is 54.9 Å². The van der Waals surface area contributed by atoms with E-state index in [1.807, 2.05) is 56.4 Å². The molecule has 0 radical (unpaired) electrons. The normalized spacial score (nSPS) is 15.4. The lowest BCUT2D eigenvalue weighted by Gasteiger charge is -2.26. The molecular formula is C27H34N4O3. The summed E-state index contributed by atoms with van der Waals surface area (Å²) in [7, 11) is 0. The highest BCUT2D eigenvalue weighted by molar-refractivity contribution is 5.90. The molecule has 2 heterocycles. The van der Waals surface area contributed by atoms with Gasteiger partial charge in [0.2, 0.25) is 11.8 Å². The summed E-state index contributed by atoms with van der Waals surface area (Å²) < 4.78 is 5.43. The average Bonchev–Trinajstić information content (AvgIpc) is 3.25. The number of benzene rings is 2. The van der Waals surface area contributed by atoms with Gasteiger partial charge in [0.15, 0.2) is 0 Å². The Morgan fingerprint density at radius 3 is 2.59 bits per heavy atom. The molecule has 1 aliphatic rings. The number of carbonyl (C=O) groups is 2. The number of rotatable bonds is 9. The fourth-order valence-corrected chi connectivity index (χ4v) is 4.24. The van der Waals surface area contributed by atoms with Gasteiger partial charge >= 0.3 is 0 Å². The molecule has 180 valence electrons. The van der Waals surface area contributed by atoms with Crippen molar-refractivity contribution in [3.05, 3.63) is 71.4 Å². The zero-order valence-electron chi connectivity index (χ0n) is 20.0. The Bertz CT molecular complexity index is 1120. The molecule has 1 aliphatic heterocycles. The minimum Gasteiger partial charge on any atom is -0.379 e. The highest BCUT2D eigenvalue weighted by Crippen LogP contribution is 2.19. The van der Waals surface area contributed by atoms with Crippen molar-refractivity contribution in [2.75, 3.05) is 26.3 Å². The molecular weight excluding hydrogens is 428 g/mol. The quantitative estimate of drug-likeness (QED) is 0.456. The number of fused-ring (bicyclic) bond motifs is 1. The number of aromatic amines is 1. The van der Waals surface area contributed by atoms with E-state index in [0.29, 0.717) is 13.0 Å². The van der Waals surface area contributed by atoms with Crippen molar-refractivity contribution in [3.63, 3.8) is 0 Å². The van der Waals surface area contributed by atoms with Gasteiger partial charge in [0.1, 0.15) is 6.04 Å². The number of hydrogen-bond acceptors (Lipinski definition) is 4. The lowest BCUT2D eigenvalue weighted by molar-refractivity contribution is -0.130. The van der Waals surface area contributed by atoms with Crippen LogP contribution < -0.4 is 10.6 Å². The molecule has 7 nitrogen and oxygen atoms in total. The number of morpholine rings is 1. The summed E-state index contributed by atoms with van der Waals surface area (Å²) >= 11 is 0. The Labute approximate surface area is 200 Å². The van der Waals surface area contributed by atoms with E-state index in [4.69, 9.17) is 4.74 Å². The topological polar surface area (TPSA) is 86.5 Å². The summed E-state index contributed by atoms with van der Waals surface area (Å²) in [5, 5.41) is 7.04. The minimum atomic E-state index is -0.648. The molecule has 0 saturated carbocycles. The second-order valence-corrected chi connectivity index (χ2v) is 9.21. The van der Waals surface area contributed by atoms with Crippen molar-refractivity contribution in [2.24, 2.45) is 5.92 Å². The first-order chi connectivity index (χ1) is 16.5. The number of H-pyrrole nitrogens is 1. The molecule has 0 spiro atoms. The van der Waals surface area contributed by atoms with Crippen LogP contribution >= 0.6 is 0 Å². The number of nitrogens with zero attached hydrogens (tertiary/aromatic N) is 1. The molecule has 4 rings (SSSR count). The summed E-state index contributed by atoms with van der Waals surface area (Å²) in [6.45, 7) is 8.37. The Morgan fingerprint density at radius 1 is 1.03 bits per heavy atom. The smallest absolute Gasteiger partial charge is 0.243 e. The molecule has 1 atom stereocenters. The van der Waals surface area contributed by atoms with Gasteiger partial charge in [0.25, 0.3) is 0 Å². The van der Waals surface area contributed by atoms with Crippen LogP contribution in [0.4, 0.5) is 0 Å². The van der Waals surface area contributed by atoms with E-state index in [1.54, 1.807) is 0 Å². The van der Waals surface area contributed by atoms with Crippen LogP contribution in [0.5, 0.6) is 0 Å². The van der Waals surface area contributed by atoms with Gasteiger partial charge in [-0.2, -0.15) is 0 Å². The fraction of sp³-hybridized carbons (Fsp3) is 0.407. The lowest BCUT2D eigenvalue weighted by atomic mass is 10.0. The van der Waals surface area contributed by atoms with Gasteiger partial charge in [-0.15, -0.1) is 0 Å². The van der Waals surface area contributed by atoms with Crippen LogP contribution in [0.2, 0.25) is 0 Å². The molecule has 1 aromatic heterocycles. The SMILES string of the molecule is CC(C)C(=O)NC(Cc1c[nH]c2ccccc12)C(=O)NCc1cccc(CN2CCOCC2)c1. The zero-order valence-corrected chi connectivity index (χ0v) is 20.0. The molecule has 2 aromatic carbocycles. The van der Waals surface area contributed by atoms with Crippen LogP contribution in [0.25, 0.3) is 10.9 Å². The molecule has 1 unspecified atom stereocenters. The molecule has 0 aliphatic carbocycles. The van der Waals surface area contributed by atoms with Gasteiger partial charge in [-0.3, -0.25) is 14.5 Å². The van der Waals surface area contributed by atoms with Crippen molar-refractivity contribution in [3.8, 4) is 0 Å². The fourth-order valence-electron chi connectivity index (χ4n) is 4.24. The third-order valence-electron chi connectivity index (χ3n) is 6.22. The number of carbonyl (C=O) groups excluding carboxylic acids is 2. The number of para-hydroxylation sites is 1. The van der Waals surface area contributed by atoms with E-state index in [1.165, 1.54) is 5.56 Å². The first-order valence-corrected chi connectivity index (χ1v) is 12.0. The maximum Gasteiger partial charge on any atom is 0.243 e. The monoisotopic (exact) mass is 462 g/mol. The van der Waals surface area contributed by atoms with Gasteiger partial charge in [0.05, 0.1) is 13.2 Å². The third-order valence-corrected chi connectivity index (χ3v) is 6.22. The molecule has 7 heteroatoms. The number of hydrogen-bond donors (Lipinski definition) is 3. The van der Waals surface area contributed by atoms with Crippen LogP contribution in [-0.2, 0) is 33.8 Å². The predicted octanol–water partition coefficient (Wildman–Crippen LogP) is 3.00. The number of nitrogens with one attached hydrogen (secondary N) is 3. The van der Waals surface area contributed by atoms with Crippen LogP contribution in [0, 0.1) is 5.92 Å². The van der Waals surface area contributed by atoms with E-state index >= 15 is 0 Å². The van der Waals surface area contributed by atoms with Gasteiger partial charge in [-0.25, -0.2) is 0 Å². The van der Waals surface area contributed by atoms with Gasteiger partial charge in [-0.05, 0) is 22.8 Å². The Balaban J connectivity index is 1.42. The van der Waals surface area contributed by atoms with Crippen molar-refractivity contribution in [2.45, 2.75) is 39.4 Å². The number of aromatic nitrogens is 1. The summed E-state index contributed by atoms with van der Waals surface area (Å²) in [6, 6.07) is 15.6. The standard InChI is InChI=1S/C27H34N4O3/c1-19(2)26(32)30-25(15-22-17-28-24-9-4-3-8-23(22)24)27(33)29-16-20-6-5-7-21(14-20)18-31-10-12-34-13-11-31/h3-9,14,17,19,25,28H,10-13,15-16,18H2,1-2H3,(H,29,33)(H,30,32). The highest BCUT2D eigenvalue weighted by Gasteiger charge is 2.23. The minimum absolute atomic E-state index is 0.132.